The molecule has 3 rings (SSSR count). The highest BCUT2D eigenvalue weighted by Crippen LogP contribution is 2.33. The fourth-order valence-corrected chi connectivity index (χ4v) is 3.08. The number of rotatable bonds is 3. The smallest absolute Gasteiger partial charge is 0.387 e. The lowest BCUT2D eigenvalue weighted by Gasteiger charge is -2.13. The van der Waals surface area contributed by atoms with E-state index in [0.717, 1.165) is 22.9 Å². The summed E-state index contributed by atoms with van der Waals surface area (Å²) in [7, 11) is 0. The van der Waals surface area contributed by atoms with Crippen molar-refractivity contribution in [3.05, 3.63) is 64.9 Å². The first kappa shape index (κ1) is 19.5. The SMILES string of the molecule is CC1=C(c2cccc(NC(=O)Nc3ccc(C(F)(F)F)c(C)c3)c2)CC(N)=N1. The van der Waals surface area contributed by atoms with Gasteiger partial charge < -0.3 is 16.4 Å². The number of nitrogens with zero attached hydrogens (tertiary/aromatic N) is 1. The fraction of sp³-hybridized carbons (Fsp3) is 0.200. The van der Waals surface area contributed by atoms with Crippen molar-refractivity contribution in [3.8, 4) is 0 Å². The second-order valence-electron chi connectivity index (χ2n) is 6.53. The van der Waals surface area contributed by atoms with Crippen LogP contribution in [-0.2, 0) is 6.18 Å². The van der Waals surface area contributed by atoms with Gasteiger partial charge in [-0.25, -0.2) is 9.79 Å². The Morgan fingerprint density at radius 1 is 1.07 bits per heavy atom. The van der Waals surface area contributed by atoms with Crippen molar-refractivity contribution < 1.29 is 18.0 Å². The van der Waals surface area contributed by atoms with Crippen LogP contribution in [0.15, 0.2) is 53.2 Å². The number of allylic oxidation sites excluding steroid dienone is 1. The topological polar surface area (TPSA) is 79.5 Å². The summed E-state index contributed by atoms with van der Waals surface area (Å²) < 4.78 is 38.5. The minimum absolute atomic E-state index is 0.0357. The number of hydrogen-bond acceptors (Lipinski definition) is 3. The molecular formula is C20H19F3N4O. The van der Waals surface area contributed by atoms with Crippen LogP contribution in [0.2, 0.25) is 0 Å². The zero-order valence-corrected chi connectivity index (χ0v) is 15.3. The van der Waals surface area contributed by atoms with Crippen LogP contribution in [0.3, 0.4) is 0 Å². The van der Waals surface area contributed by atoms with Crippen molar-refractivity contribution in [2.24, 2.45) is 10.7 Å². The van der Waals surface area contributed by atoms with Gasteiger partial charge in [-0.1, -0.05) is 12.1 Å². The van der Waals surface area contributed by atoms with Crippen molar-refractivity contribution >= 4 is 28.8 Å². The Bertz CT molecular complexity index is 993. The van der Waals surface area contributed by atoms with Crippen LogP contribution in [0.5, 0.6) is 0 Å². The molecule has 0 saturated heterocycles. The van der Waals surface area contributed by atoms with Crippen molar-refractivity contribution in [1.82, 2.24) is 0 Å². The lowest BCUT2D eigenvalue weighted by molar-refractivity contribution is -0.138. The van der Waals surface area contributed by atoms with E-state index in [1.807, 2.05) is 13.0 Å². The van der Waals surface area contributed by atoms with Crippen molar-refractivity contribution in [2.75, 3.05) is 10.6 Å². The average Bonchev–Trinajstić information content (AvgIpc) is 2.92. The third-order valence-corrected chi connectivity index (χ3v) is 4.36. The molecule has 0 aliphatic carbocycles. The summed E-state index contributed by atoms with van der Waals surface area (Å²) in [6.07, 6.45) is -3.88. The van der Waals surface area contributed by atoms with E-state index in [0.29, 0.717) is 17.9 Å². The van der Waals surface area contributed by atoms with Crippen LogP contribution < -0.4 is 16.4 Å². The number of aliphatic imine (C=N–C) groups is 1. The first-order valence-corrected chi connectivity index (χ1v) is 8.52. The van der Waals surface area contributed by atoms with Crippen LogP contribution in [0, 0.1) is 6.92 Å². The second-order valence-corrected chi connectivity index (χ2v) is 6.53. The van der Waals surface area contributed by atoms with E-state index in [9.17, 15) is 18.0 Å². The summed E-state index contributed by atoms with van der Waals surface area (Å²) in [5.74, 6) is 0.543. The second kappa shape index (κ2) is 7.38. The Morgan fingerprint density at radius 2 is 1.75 bits per heavy atom. The number of nitrogens with two attached hydrogens (primary N) is 1. The number of urea groups is 1. The zero-order chi connectivity index (χ0) is 20.5. The molecule has 5 nitrogen and oxygen atoms in total. The van der Waals surface area contributed by atoms with Crippen LogP contribution in [0.4, 0.5) is 29.3 Å². The Balaban J connectivity index is 1.70. The van der Waals surface area contributed by atoms with E-state index in [1.54, 1.807) is 18.2 Å². The van der Waals surface area contributed by atoms with Gasteiger partial charge in [-0.3, -0.25) is 0 Å². The summed E-state index contributed by atoms with van der Waals surface area (Å²) in [6, 6.07) is 10.1. The summed E-state index contributed by atoms with van der Waals surface area (Å²) in [4.78, 5) is 16.4. The molecule has 2 aromatic rings. The van der Waals surface area contributed by atoms with Gasteiger partial charge in [0.25, 0.3) is 0 Å². The van der Waals surface area contributed by atoms with E-state index < -0.39 is 17.8 Å². The summed E-state index contributed by atoms with van der Waals surface area (Å²) in [5.41, 5.74) is 8.60. The maximum atomic E-state index is 12.8. The first-order valence-electron chi connectivity index (χ1n) is 8.52. The Morgan fingerprint density at radius 3 is 2.32 bits per heavy atom. The number of halogens is 3. The number of anilines is 2. The van der Waals surface area contributed by atoms with E-state index in [4.69, 9.17) is 5.73 Å². The quantitative estimate of drug-likeness (QED) is 0.680. The van der Waals surface area contributed by atoms with Gasteiger partial charge >= 0.3 is 12.2 Å². The molecule has 0 radical (unpaired) electrons. The van der Waals surface area contributed by atoms with Gasteiger partial charge in [-0.05, 0) is 60.9 Å². The Labute approximate surface area is 160 Å². The maximum absolute atomic E-state index is 12.8. The lowest BCUT2D eigenvalue weighted by Crippen LogP contribution is -2.20. The van der Waals surface area contributed by atoms with Crippen LogP contribution in [0.1, 0.15) is 30.0 Å². The van der Waals surface area contributed by atoms with Crippen molar-refractivity contribution in [1.29, 1.82) is 0 Å². The summed E-state index contributed by atoms with van der Waals surface area (Å²) in [5, 5.41) is 5.22. The number of nitrogens with one attached hydrogen (secondary N) is 2. The van der Waals surface area contributed by atoms with Gasteiger partial charge in [0.15, 0.2) is 0 Å². The molecule has 1 aliphatic rings. The molecule has 0 aromatic heterocycles. The maximum Gasteiger partial charge on any atom is 0.416 e. The minimum atomic E-state index is -4.43. The van der Waals surface area contributed by atoms with Gasteiger partial charge in [0.05, 0.1) is 5.56 Å². The molecule has 1 aliphatic heterocycles. The number of aryl methyl sites for hydroxylation is 1. The molecule has 0 saturated carbocycles. The number of alkyl halides is 3. The van der Waals surface area contributed by atoms with Gasteiger partial charge in [-0.15, -0.1) is 0 Å². The van der Waals surface area contributed by atoms with E-state index in [1.165, 1.54) is 19.1 Å². The highest BCUT2D eigenvalue weighted by atomic mass is 19.4. The molecule has 8 heteroatoms. The molecule has 0 spiro atoms. The molecule has 0 atom stereocenters. The molecule has 4 N–H and O–H groups in total. The number of hydrogen-bond donors (Lipinski definition) is 3. The molecule has 2 amide bonds. The summed E-state index contributed by atoms with van der Waals surface area (Å²) in [6.45, 7) is 3.22. The van der Waals surface area contributed by atoms with Gasteiger partial charge in [0.2, 0.25) is 0 Å². The predicted octanol–water partition coefficient (Wildman–Crippen LogP) is 5.15. The average molecular weight is 388 g/mol. The number of carbonyl (C=O) groups excluding carboxylic acids is 1. The Hall–Kier alpha value is -3.29. The van der Waals surface area contributed by atoms with E-state index in [-0.39, 0.29) is 11.3 Å². The van der Waals surface area contributed by atoms with Crippen molar-refractivity contribution in [3.63, 3.8) is 0 Å². The normalized spacial score (nSPS) is 14.1. The predicted molar refractivity (Wildman–Crippen MR) is 104 cm³/mol. The molecule has 0 fully saturated rings. The monoisotopic (exact) mass is 388 g/mol. The summed E-state index contributed by atoms with van der Waals surface area (Å²) >= 11 is 0. The Kier molecular flexibility index (Phi) is 5.13. The van der Waals surface area contributed by atoms with Crippen LogP contribution in [-0.4, -0.2) is 11.9 Å². The number of benzene rings is 2. The number of amides is 2. The fourth-order valence-electron chi connectivity index (χ4n) is 3.08. The largest absolute Gasteiger partial charge is 0.416 e. The molecular weight excluding hydrogens is 369 g/mol. The minimum Gasteiger partial charge on any atom is -0.387 e. The van der Waals surface area contributed by atoms with E-state index in [2.05, 4.69) is 15.6 Å². The van der Waals surface area contributed by atoms with Crippen molar-refractivity contribution in [2.45, 2.75) is 26.4 Å². The number of amidine groups is 1. The first-order chi connectivity index (χ1) is 13.1. The third-order valence-electron chi connectivity index (χ3n) is 4.36. The molecule has 0 bridgehead atoms. The number of carbonyl (C=O) groups is 1. The molecule has 0 unspecified atom stereocenters. The molecule has 146 valence electrons. The standard InChI is InChI=1S/C20H19F3N4O/c1-11-8-15(6-7-17(11)20(21,22)23)27-19(28)26-14-5-3-4-13(9-14)16-10-18(24)25-12(16)2/h3-9H,10H2,1-2H3,(H2,24,25)(H2,26,27,28). The van der Waals surface area contributed by atoms with E-state index >= 15 is 0 Å². The van der Waals surface area contributed by atoms with Crippen LogP contribution in [0.25, 0.3) is 5.57 Å². The molecule has 1 heterocycles. The lowest BCUT2D eigenvalue weighted by atomic mass is 10.0. The van der Waals surface area contributed by atoms with Crippen LogP contribution >= 0.6 is 0 Å². The van der Waals surface area contributed by atoms with Gasteiger partial charge in [0.1, 0.15) is 5.84 Å². The van der Waals surface area contributed by atoms with Gasteiger partial charge in [0, 0.05) is 23.5 Å². The third kappa shape index (κ3) is 4.33. The zero-order valence-electron chi connectivity index (χ0n) is 15.3. The van der Waals surface area contributed by atoms with Gasteiger partial charge in [-0.2, -0.15) is 13.2 Å². The molecule has 2 aromatic carbocycles. The highest BCUT2D eigenvalue weighted by Gasteiger charge is 2.32. The molecule has 28 heavy (non-hydrogen) atoms. The highest BCUT2D eigenvalue weighted by molar-refractivity contribution is 6.01.